The van der Waals surface area contributed by atoms with Gasteiger partial charge in [-0.15, -0.1) is 34.0 Å². The van der Waals surface area contributed by atoms with Gasteiger partial charge in [0.2, 0.25) is 5.91 Å². The highest BCUT2D eigenvalue weighted by atomic mass is 32.1. The molecule has 0 fully saturated rings. The summed E-state index contributed by atoms with van der Waals surface area (Å²) >= 11 is 4.90. The summed E-state index contributed by atoms with van der Waals surface area (Å²) < 4.78 is 0. The quantitative estimate of drug-likeness (QED) is 0.469. The monoisotopic (exact) mass is 426 g/mol. The second-order valence-corrected chi connectivity index (χ2v) is 9.24. The molecule has 4 aromatic heterocycles. The van der Waals surface area contributed by atoms with E-state index in [4.69, 9.17) is 0 Å². The average Bonchev–Trinajstić information content (AvgIpc) is 3.44. The normalized spacial score (nSPS) is 10.9. The van der Waals surface area contributed by atoms with Gasteiger partial charge in [-0.2, -0.15) is 0 Å². The standard InChI is InChI=1S/C20H18N4OS3/c1-13-23-17(12-26-13)18-6-5-15(28-18)7-9-22-19(25)10-14-11-27-20(24-14)16-4-2-3-8-21-16/h2-6,8,11-12H,7,9-10H2,1H3,(H,22,25). The van der Waals surface area contributed by atoms with Gasteiger partial charge in [0.1, 0.15) is 5.01 Å². The van der Waals surface area contributed by atoms with Crippen LogP contribution in [0, 0.1) is 6.92 Å². The van der Waals surface area contributed by atoms with E-state index in [2.05, 4.69) is 37.8 Å². The summed E-state index contributed by atoms with van der Waals surface area (Å²) in [4.78, 5) is 28.0. The molecule has 0 unspecified atom stereocenters. The van der Waals surface area contributed by atoms with E-state index in [1.54, 1.807) is 28.9 Å². The largest absolute Gasteiger partial charge is 0.355 e. The van der Waals surface area contributed by atoms with E-state index in [0.29, 0.717) is 6.54 Å². The minimum absolute atomic E-state index is 0.00947. The van der Waals surface area contributed by atoms with Gasteiger partial charge in [0, 0.05) is 28.4 Å². The van der Waals surface area contributed by atoms with Gasteiger partial charge < -0.3 is 5.32 Å². The van der Waals surface area contributed by atoms with Crippen LogP contribution < -0.4 is 5.32 Å². The number of carbonyl (C=O) groups is 1. The third-order valence-electron chi connectivity index (χ3n) is 4.00. The minimum atomic E-state index is -0.00947. The van der Waals surface area contributed by atoms with Crippen molar-refractivity contribution in [3.05, 3.63) is 62.9 Å². The van der Waals surface area contributed by atoms with Gasteiger partial charge in [-0.3, -0.25) is 9.78 Å². The van der Waals surface area contributed by atoms with Gasteiger partial charge in [-0.1, -0.05) is 6.07 Å². The van der Waals surface area contributed by atoms with Crippen LogP contribution in [0.5, 0.6) is 0 Å². The molecule has 0 aliphatic carbocycles. The second-order valence-electron chi connectivity index (χ2n) is 6.15. The van der Waals surface area contributed by atoms with Crippen molar-refractivity contribution in [3.63, 3.8) is 0 Å². The van der Waals surface area contributed by atoms with Crippen molar-refractivity contribution in [3.8, 4) is 21.3 Å². The predicted molar refractivity (Wildman–Crippen MR) is 116 cm³/mol. The highest BCUT2D eigenvalue weighted by Gasteiger charge is 2.10. The smallest absolute Gasteiger partial charge is 0.226 e. The molecule has 0 aliphatic heterocycles. The number of hydrogen-bond acceptors (Lipinski definition) is 7. The molecule has 1 N–H and O–H groups in total. The van der Waals surface area contributed by atoms with Crippen LogP contribution in [0.2, 0.25) is 0 Å². The number of thiazole rings is 2. The molecule has 0 spiro atoms. The number of thiophene rings is 1. The number of aryl methyl sites for hydroxylation is 1. The molecule has 142 valence electrons. The molecule has 8 heteroatoms. The van der Waals surface area contributed by atoms with Crippen LogP contribution >= 0.6 is 34.0 Å². The fourth-order valence-corrected chi connectivity index (χ4v) is 5.12. The van der Waals surface area contributed by atoms with E-state index in [1.165, 1.54) is 21.1 Å². The first kappa shape index (κ1) is 18.9. The van der Waals surface area contributed by atoms with E-state index < -0.39 is 0 Å². The van der Waals surface area contributed by atoms with Crippen molar-refractivity contribution in [1.82, 2.24) is 20.3 Å². The summed E-state index contributed by atoms with van der Waals surface area (Å²) in [5.41, 5.74) is 2.65. The molecule has 0 saturated carbocycles. The molecule has 4 aromatic rings. The van der Waals surface area contributed by atoms with Crippen molar-refractivity contribution in [1.29, 1.82) is 0 Å². The molecular weight excluding hydrogens is 408 g/mol. The number of nitrogens with one attached hydrogen (secondary N) is 1. The topological polar surface area (TPSA) is 67.8 Å². The number of carbonyl (C=O) groups excluding carboxylic acids is 1. The summed E-state index contributed by atoms with van der Waals surface area (Å²) in [5.74, 6) is -0.00947. The fourth-order valence-electron chi connectivity index (χ4n) is 2.67. The van der Waals surface area contributed by atoms with Crippen LogP contribution in [0.3, 0.4) is 0 Å². The maximum absolute atomic E-state index is 12.2. The van der Waals surface area contributed by atoms with Crippen molar-refractivity contribution < 1.29 is 4.79 Å². The Hall–Kier alpha value is -2.42. The zero-order chi connectivity index (χ0) is 19.3. The molecule has 0 atom stereocenters. The lowest BCUT2D eigenvalue weighted by molar-refractivity contribution is -0.120. The lowest BCUT2D eigenvalue weighted by atomic mass is 10.3. The molecule has 0 aliphatic rings. The van der Waals surface area contributed by atoms with Gasteiger partial charge >= 0.3 is 0 Å². The van der Waals surface area contributed by atoms with Crippen LogP contribution in [0.15, 0.2) is 47.3 Å². The van der Waals surface area contributed by atoms with Crippen molar-refractivity contribution >= 4 is 39.9 Å². The Morgan fingerprint density at radius 1 is 1.07 bits per heavy atom. The molecule has 0 radical (unpaired) electrons. The Bertz CT molecular complexity index is 1070. The Balaban J connectivity index is 1.26. The molecular formula is C20H18N4OS3. The van der Waals surface area contributed by atoms with E-state index in [9.17, 15) is 4.79 Å². The first-order valence-corrected chi connectivity index (χ1v) is 11.4. The first-order chi connectivity index (χ1) is 13.7. The maximum atomic E-state index is 12.2. The molecule has 4 rings (SSSR count). The molecule has 0 aromatic carbocycles. The van der Waals surface area contributed by atoms with Crippen molar-refractivity contribution in [2.75, 3.05) is 6.54 Å². The molecule has 1 amide bonds. The molecule has 28 heavy (non-hydrogen) atoms. The lowest BCUT2D eigenvalue weighted by Gasteiger charge is -2.02. The minimum Gasteiger partial charge on any atom is -0.355 e. The molecule has 5 nitrogen and oxygen atoms in total. The van der Waals surface area contributed by atoms with Crippen molar-refractivity contribution in [2.24, 2.45) is 0 Å². The Labute approximate surface area is 175 Å². The Morgan fingerprint density at radius 2 is 2.00 bits per heavy atom. The number of hydrogen-bond donors (Lipinski definition) is 1. The highest BCUT2D eigenvalue weighted by Crippen LogP contribution is 2.29. The Morgan fingerprint density at radius 3 is 2.79 bits per heavy atom. The van der Waals surface area contributed by atoms with E-state index in [0.717, 1.165) is 33.5 Å². The van der Waals surface area contributed by atoms with Crippen LogP contribution in [0.4, 0.5) is 0 Å². The fraction of sp³-hybridized carbons (Fsp3) is 0.200. The molecule has 0 bridgehead atoms. The SMILES string of the molecule is Cc1nc(-c2ccc(CCNC(=O)Cc3csc(-c4ccccn4)n3)s2)cs1. The average molecular weight is 427 g/mol. The number of amides is 1. The number of aromatic nitrogens is 3. The van der Waals surface area contributed by atoms with Gasteiger partial charge in [0.05, 0.1) is 33.4 Å². The maximum Gasteiger partial charge on any atom is 0.226 e. The van der Waals surface area contributed by atoms with Crippen LogP contribution in [-0.2, 0) is 17.6 Å². The zero-order valence-electron chi connectivity index (χ0n) is 15.2. The highest BCUT2D eigenvalue weighted by molar-refractivity contribution is 7.16. The number of rotatable bonds is 7. The summed E-state index contributed by atoms with van der Waals surface area (Å²) in [6.07, 6.45) is 2.85. The van der Waals surface area contributed by atoms with Crippen LogP contribution in [-0.4, -0.2) is 27.4 Å². The summed E-state index contributed by atoms with van der Waals surface area (Å²) in [6, 6.07) is 9.94. The lowest BCUT2D eigenvalue weighted by Crippen LogP contribution is -2.27. The van der Waals surface area contributed by atoms with Crippen LogP contribution in [0.1, 0.15) is 15.6 Å². The third kappa shape index (κ3) is 4.70. The zero-order valence-corrected chi connectivity index (χ0v) is 17.7. The van der Waals surface area contributed by atoms with Gasteiger partial charge in [-0.25, -0.2) is 9.97 Å². The van der Waals surface area contributed by atoms with E-state index in [1.807, 2.05) is 30.5 Å². The Kier molecular flexibility index (Phi) is 5.90. The third-order valence-corrected chi connectivity index (χ3v) is 6.86. The van der Waals surface area contributed by atoms with Gasteiger partial charge in [0.15, 0.2) is 0 Å². The summed E-state index contributed by atoms with van der Waals surface area (Å²) in [7, 11) is 0. The second kappa shape index (κ2) is 8.72. The van der Waals surface area contributed by atoms with Crippen LogP contribution in [0.25, 0.3) is 21.3 Å². The number of pyridine rings is 1. The number of nitrogens with zero attached hydrogens (tertiary/aromatic N) is 3. The predicted octanol–water partition coefficient (Wildman–Crippen LogP) is 4.60. The first-order valence-electron chi connectivity index (χ1n) is 8.81. The van der Waals surface area contributed by atoms with Gasteiger partial charge in [-0.05, 0) is 37.6 Å². The van der Waals surface area contributed by atoms with E-state index >= 15 is 0 Å². The summed E-state index contributed by atoms with van der Waals surface area (Å²) in [6.45, 7) is 2.63. The molecule has 4 heterocycles. The summed E-state index contributed by atoms with van der Waals surface area (Å²) in [5, 5.41) is 8.90. The molecule has 0 saturated heterocycles. The van der Waals surface area contributed by atoms with Crippen molar-refractivity contribution in [2.45, 2.75) is 19.8 Å². The van der Waals surface area contributed by atoms with E-state index in [-0.39, 0.29) is 12.3 Å². The van der Waals surface area contributed by atoms with Gasteiger partial charge in [0.25, 0.3) is 0 Å².